The molecule has 0 unspecified atom stereocenters. The van der Waals surface area contributed by atoms with Gasteiger partial charge in [-0.05, 0) is 19.1 Å². The third-order valence-corrected chi connectivity index (χ3v) is 2.33. The van der Waals surface area contributed by atoms with Crippen LogP contribution in [0.15, 0.2) is 28.7 Å². The number of oxazole rings is 1. The predicted molar refractivity (Wildman–Crippen MR) is 60.2 cm³/mol. The smallest absolute Gasteiger partial charge is 0.392 e. The minimum absolute atomic E-state index is 0.316. The molecule has 0 fully saturated rings. The zero-order valence-corrected chi connectivity index (χ0v) is 9.43. The molecule has 0 amide bonds. The lowest BCUT2D eigenvalue weighted by molar-refractivity contribution is 0.0654. The normalized spacial score (nSPS) is 10.2. The van der Waals surface area contributed by atoms with Gasteiger partial charge in [0.1, 0.15) is 5.75 Å². The van der Waals surface area contributed by atoms with E-state index in [4.69, 9.17) is 14.3 Å². The van der Waals surface area contributed by atoms with Gasteiger partial charge < -0.3 is 14.3 Å². The number of methoxy groups -OCH3 is 1. The average Bonchev–Trinajstić information content (AvgIpc) is 2.71. The molecule has 2 rings (SSSR count). The summed E-state index contributed by atoms with van der Waals surface area (Å²) in [5.41, 5.74) is 1.21. The summed E-state index contributed by atoms with van der Waals surface area (Å²) < 4.78 is 10.4. The number of rotatable bonds is 3. The van der Waals surface area contributed by atoms with E-state index in [2.05, 4.69) is 4.98 Å². The highest BCUT2D eigenvalue weighted by molar-refractivity contribution is 5.83. The Bertz CT molecular complexity index is 559. The molecule has 17 heavy (non-hydrogen) atoms. The Morgan fingerprint density at radius 2 is 2.12 bits per heavy atom. The van der Waals surface area contributed by atoms with Gasteiger partial charge in [-0.15, -0.1) is 0 Å². The van der Waals surface area contributed by atoms with Gasteiger partial charge in [-0.1, -0.05) is 12.1 Å². The van der Waals surface area contributed by atoms with Crippen molar-refractivity contribution < 1.29 is 19.1 Å². The monoisotopic (exact) mass is 233 g/mol. The Morgan fingerprint density at radius 3 is 2.71 bits per heavy atom. The molecule has 0 saturated carbocycles. The molecule has 1 aromatic heterocycles. The molecular weight excluding hydrogens is 222 g/mol. The van der Waals surface area contributed by atoms with Crippen LogP contribution in [0.1, 0.15) is 16.4 Å². The molecular formula is C12H11NO4. The van der Waals surface area contributed by atoms with Gasteiger partial charge in [-0.2, -0.15) is 0 Å². The van der Waals surface area contributed by atoms with Gasteiger partial charge in [0.05, 0.1) is 18.4 Å². The maximum absolute atomic E-state index is 10.8. The van der Waals surface area contributed by atoms with Crippen LogP contribution in [0, 0.1) is 6.92 Å². The van der Waals surface area contributed by atoms with Crippen LogP contribution in [-0.2, 0) is 0 Å². The van der Waals surface area contributed by atoms with Gasteiger partial charge in [0.15, 0.2) is 5.76 Å². The van der Waals surface area contributed by atoms with Gasteiger partial charge in [0.25, 0.3) is 0 Å². The fourth-order valence-electron chi connectivity index (χ4n) is 1.57. The minimum atomic E-state index is -1.19. The second-order valence-corrected chi connectivity index (χ2v) is 3.44. The van der Waals surface area contributed by atoms with Crippen LogP contribution >= 0.6 is 0 Å². The molecule has 5 nitrogen and oxygen atoms in total. The Balaban J connectivity index is 2.56. The van der Waals surface area contributed by atoms with Gasteiger partial charge >= 0.3 is 11.9 Å². The van der Waals surface area contributed by atoms with Gasteiger partial charge in [0, 0.05) is 0 Å². The number of benzene rings is 1. The first-order chi connectivity index (χ1) is 8.13. The maximum atomic E-state index is 10.8. The molecule has 1 N–H and O–H groups in total. The summed E-state index contributed by atoms with van der Waals surface area (Å²) in [6, 6.07) is 7.21. The molecule has 0 bridgehead atoms. The predicted octanol–water partition coefficient (Wildman–Crippen LogP) is 2.36. The molecule has 5 heteroatoms. The summed E-state index contributed by atoms with van der Waals surface area (Å²) in [6.07, 6.45) is 0. The molecule has 88 valence electrons. The van der Waals surface area contributed by atoms with Crippen molar-refractivity contribution in [1.82, 2.24) is 4.98 Å². The first-order valence-corrected chi connectivity index (χ1v) is 4.97. The number of carbonyl (C=O) groups is 1. The SMILES string of the molecule is COc1ccccc1-c1oc(C(=O)O)nc1C. The number of para-hydroxylation sites is 1. The highest BCUT2D eigenvalue weighted by atomic mass is 16.5. The van der Waals surface area contributed by atoms with Crippen molar-refractivity contribution in [2.45, 2.75) is 6.92 Å². The van der Waals surface area contributed by atoms with E-state index in [0.29, 0.717) is 22.8 Å². The lowest BCUT2D eigenvalue weighted by atomic mass is 10.1. The van der Waals surface area contributed by atoms with Gasteiger partial charge in [0.2, 0.25) is 0 Å². The zero-order chi connectivity index (χ0) is 12.4. The molecule has 0 radical (unpaired) electrons. The summed E-state index contributed by atoms with van der Waals surface area (Å²) in [5.74, 6) is -0.471. The van der Waals surface area contributed by atoms with Crippen LogP contribution in [0.2, 0.25) is 0 Å². The number of aryl methyl sites for hydroxylation is 1. The number of hydrogen-bond donors (Lipinski definition) is 1. The van der Waals surface area contributed by atoms with E-state index in [1.807, 2.05) is 12.1 Å². The van der Waals surface area contributed by atoms with E-state index >= 15 is 0 Å². The molecule has 1 aromatic carbocycles. The molecule has 0 atom stereocenters. The zero-order valence-electron chi connectivity index (χ0n) is 9.43. The molecule has 0 spiro atoms. The van der Waals surface area contributed by atoms with Crippen molar-refractivity contribution in [3.63, 3.8) is 0 Å². The molecule has 0 aliphatic heterocycles. The van der Waals surface area contributed by atoms with Crippen molar-refractivity contribution in [2.24, 2.45) is 0 Å². The number of carboxylic acid groups (broad SMARTS) is 1. The fourth-order valence-corrected chi connectivity index (χ4v) is 1.57. The van der Waals surface area contributed by atoms with E-state index in [-0.39, 0.29) is 5.89 Å². The number of nitrogens with zero attached hydrogens (tertiary/aromatic N) is 1. The van der Waals surface area contributed by atoms with Gasteiger partial charge in [-0.25, -0.2) is 9.78 Å². The van der Waals surface area contributed by atoms with E-state index < -0.39 is 5.97 Å². The van der Waals surface area contributed by atoms with Crippen LogP contribution in [-0.4, -0.2) is 23.2 Å². The van der Waals surface area contributed by atoms with E-state index in [1.165, 1.54) is 0 Å². The Labute approximate surface area is 97.7 Å². The first kappa shape index (κ1) is 11.2. The summed E-state index contributed by atoms with van der Waals surface area (Å²) in [4.78, 5) is 14.6. The van der Waals surface area contributed by atoms with Crippen molar-refractivity contribution in [2.75, 3.05) is 7.11 Å². The van der Waals surface area contributed by atoms with E-state index in [0.717, 1.165) is 0 Å². The minimum Gasteiger partial charge on any atom is -0.496 e. The topological polar surface area (TPSA) is 72.6 Å². The highest BCUT2D eigenvalue weighted by Crippen LogP contribution is 2.32. The largest absolute Gasteiger partial charge is 0.496 e. The number of aromatic carboxylic acids is 1. The summed E-state index contributed by atoms with van der Waals surface area (Å²) in [5, 5.41) is 8.81. The molecule has 0 aliphatic carbocycles. The molecule has 0 saturated heterocycles. The number of hydrogen-bond acceptors (Lipinski definition) is 4. The standard InChI is InChI=1S/C12H11NO4/c1-7-10(17-11(13-7)12(14)15)8-5-3-4-6-9(8)16-2/h3-6H,1-2H3,(H,14,15). The van der Waals surface area contributed by atoms with Crippen molar-refractivity contribution in [3.8, 4) is 17.1 Å². The van der Waals surface area contributed by atoms with Crippen LogP contribution in [0.4, 0.5) is 0 Å². The van der Waals surface area contributed by atoms with Crippen LogP contribution in [0.25, 0.3) is 11.3 Å². The fraction of sp³-hybridized carbons (Fsp3) is 0.167. The molecule has 2 aromatic rings. The second-order valence-electron chi connectivity index (χ2n) is 3.44. The third-order valence-electron chi connectivity index (χ3n) is 2.33. The summed E-state index contributed by atoms with van der Waals surface area (Å²) in [7, 11) is 1.54. The van der Waals surface area contributed by atoms with Crippen LogP contribution in [0.3, 0.4) is 0 Å². The highest BCUT2D eigenvalue weighted by Gasteiger charge is 2.18. The Morgan fingerprint density at radius 1 is 1.41 bits per heavy atom. The van der Waals surface area contributed by atoms with Crippen LogP contribution < -0.4 is 4.74 Å². The summed E-state index contributed by atoms with van der Waals surface area (Å²) in [6.45, 7) is 1.69. The third kappa shape index (κ3) is 1.99. The van der Waals surface area contributed by atoms with Crippen LogP contribution in [0.5, 0.6) is 5.75 Å². The quantitative estimate of drug-likeness (QED) is 0.880. The number of ether oxygens (including phenoxy) is 1. The lowest BCUT2D eigenvalue weighted by Crippen LogP contribution is -1.95. The second kappa shape index (κ2) is 4.29. The Kier molecular flexibility index (Phi) is 2.82. The Hall–Kier alpha value is -2.30. The molecule has 1 heterocycles. The van der Waals surface area contributed by atoms with Crippen molar-refractivity contribution in [1.29, 1.82) is 0 Å². The molecule has 0 aliphatic rings. The van der Waals surface area contributed by atoms with Gasteiger partial charge in [-0.3, -0.25) is 0 Å². The lowest BCUT2D eigenvalue weighted by Gasteiger charge is -2.05. The summed E-state index contributed by atoms with van der Waals surface area (Å²) >= 11 is 0. The average molecular weight is 233 g/mol. The van der Waals surface area contributed by atoms with Crippen molar-refractivity contribution >= 4 is 5.97 Å². The van der Waals surface area contributed by atoms with E-state index in [1.54, 1.807) is 26.2 Å². The maximum Gasteiger partial charge on any atom is 0.392 e. The van der Waals surface area contributed by atoms with E-state index in [9.17, 15) is 4.79 Å². The number of carboxylic acids is 1. The van der Waals surface area contributed by atoms with Crippen molar-refractivity contribution in [3.05, 3.63) is 35.9 Å². The first-order valence-electron chi connectivity index (χ1n) is 4.97. The number of aromatic nitrogens is 1.